The Morgan fingerprint density at radius 1 is 0.500 bits per heavy atom. The van der Waals surface area contributed by atoms with Crippen LogP contribution in [0.1, 0.15) is 52.6 Å². The van der Waals surface area contributed by atoms with Gasteiger partial charge in [-0.1, -0.05) is 0 Å². The summed E-state index contributed by atoms with van der Waals surface area (Å²) >= 11 is 0. The van der Waals surface area contributed by atoms with E-state index in [0.29, 0.717) is 0 Å². The standard InChI is InChI=1S/C34H26N6O12/c1-51-27-13-21(39-37-19-3-5-23(31(43)44)25(11-19)33(47)48)9-17(29(27)41)15-35-7-8-36-16-18-10-22(14-28(52-2)30(18)42)40-38-20-4-6-24(32(45)46)26(12-20)34(49)50/h3-16,41-42H,1-2H3,(H,43,44)(H,45,46)(H,47,48)(H,49,50). The summed E-state index contributed by atoms with van der Waals surface area (Å²) in [5.41, 5.74) is -0.981. The summed E-state index contributed by atoms with van der Waals surface area (Å²) in [7, 11) is 2.62. The number of ether oxygens (including phenoxy) is 2. The van der Waals surface area contributed by atoms with E-state index < -0.39 is 46.1 Å². The van der Waals surface area contributed by atoms with E-state index in [1.165, 1.54) is 75.4 Å². The minimum Gasteiger partial charge on any atom is -0.504 e. The Morgan fingerprint density at radius 2 is 0.846 bits per heavy atom. The van der Waals surface area contributed by atoms with Gasteiger partial charge in [0, 0.05) is 48.1 Å². The Morgan fingerprint density at radius 3 is 1.17 bits per heavy atom. The maximum absolute atomic E-state index is 11.5. The number of benzene rings is 4. The van der Waals surface area contributed by atoms with Gasteiger partial charge in [-0.2, -0.15) is 20.5 Å². The Kier molecular flexibility index (Phi) is 11.8. The van der Waals surface area contributed by atoms with Crippen molar-refractivity contribution < 1.29 is 59.3 Å². The number of azo groups is 2. The third kappa shape index (κ3) is 9.02. The van der Waals surface area contributed by atoms with E-state index in [-0.39, 0.29) is 56.9 Å². The summed E-state index contributed by atoms with van der Waals surface area (Å²) < 4.78 is 10.4. The van der Waals surface area contributed by atoms with Crippen molar-refractivity contribution in [3.05, 3.63) is 106 Å². The average Bonchev–Trinajstić information content (AvgIpc) is 3.12. The molecule has 0 amide bonds. The van der Waals surface area contributed by atoms with E-state index in [2.05, 4.69) is 30.4 Å². The zero-order chi connectivity index (χ0) is 37.9. The normalized spacial score (nSPS) is 11.7. The number of carboxylic acids is 4. The highest BCUT2D eigenvalue weighted by Crippen LogP contribution is 2.36. The van der Waals surface area contributed by atoms with Crippen molar-refractivity contribution in [3.63, 3.8) is 0 Å². The van der Waals surface area contributed by atoms with Crippen LogP contribution in [0.3, 0.4) is 0 Å². The number of aliphatic imine (C=N–C) groups is 2. The molecule has 0 unspecified atom stereocenters. The molecule has 0 saturated heterocycles. The predicted molar refractivity (Wildman–Crippen MR) is 183 cm³/mol. The average molecular weight is 711 g/mol. The van der Waals surface area contributed by atoms with Crippen LogP contribution in [0.2, 0.25) is 0 Å². The number of carbonyl (C=O) groups is 4. The van der Waals surface area contributed by atoms with Crippen molar-refractivity contribution in [1.82, 2.24) is 0 Å². The van der Waals surface area contributed by atoms with Gasteiger partial charge in [0.15, 0.2) is 23.0 Å². The molecule has 52 heavy (non-hydrogen) atoms. The molecule has 0 aromatic heterocycles. The van der Waals surface area contributed by atoms with Gasteiger partial charge in [0.05, 0.1) is 59.2 Å². The Hall–Kier alpha value is -7.76. The highest BCUT2D eigenvalue weighted by atomic mass is 16.5. The minimum atomic E-state index is -1.45. The van der Waals surface area contributed by atoms with Crippen LogP contribution in [0.25, 0.3) is 0 Å². The molecule has 0 fully saturated rings. The van der Waals surface area contributed by atoms with Gasteiger partial charge >= 0.3 is 23.9 Å². The fraction of sp³-hybridized carbons (Fsp3) is 0.0588. The molecular formula is C34H26N6O12. The van der Waals surface area contributed by atoms with Crippen molar-refractivity contribution in [1.29, 1.82) is 0 Å². The molecule has 18 nitrogen and oxygen atoms in total. The second-order valence-corrected chi connectivity index (χ2v) is 10.1. The van der Waals surface area contributed by atoms with Gasteiger partial charge in [-0.05, 0) is 48.5 Å². The smallest absolute Gasteiger partial charge is 0.336 e. The zero-order valence-corrected chi connectivity index (χ0v) is 26.9. The summed E-state index contributed by atoms with van der Waals surface area (Å²) in [5, 5.41) is 74.2. The van der Waals surface area contributed by atoms with Crippen molar-refractivity contribution in [2.45, 2.75) is 0 Å². The summed E-state index contributed by atoms with van der Waals surface area (Å²) in [4.78, 5) is 53.7. The van der Waals surface area contributed by atoms with Crippen LogP contribution in [0.15, 0.2) is 104 Å². The van der Waals surface area contributed by atoms with E-state index in [4.69, 9.17) is 9.47 Å². The number of aromatic hydroxyl groups is 2. The van der Waals surface area contributed by atoms with E-state index in [1.807, 2.05) is 0 Å². The topological polar surface area (TPSA) is 282 Å². The first-order chi connectivity index (χ1) is 24.8. The number of methoxy groups -OCH3 is 2. The van der Waals surface area contributed by atoms with Gasteiger partial charge in [0.25, 0.3) is 0 Å². The van der Waals surface area contributed by atoms with Gasteiger partial charge in [-0.25, -0.2) is 19.2 Å². The Bertz CT molecular complexity index is 2070. The molecule has 4 aromatic carbocycles. The molecule has 0 radical (unpaired) electrons. The van der Waals surface area contributed by atoms with Crippen LogP contribution in [-0.4, -0.2) is 81.2 Å². The lowest BCUT2D eigenvalue weighted by molar-refractivity contribution is 0.0651. The van der Waals surface area contributed by atoms with Crippen LogP contribution in [0.5, 0.6) is 23.0 Å². The van der Waals surface area contributed by atoms with Gasteiger partial charge in [-0.3, -0.25) is 9.98 Å². The fourth-order valence-corrected chi connectivity index (χ4v) is 4.32. The van der Waals surface area contributed by atoms with E-state index in [0.717, 1.165) is 24.3 Å². The lowest BCUT2D eigenvalue weighted by Crippen LogP contribution is -2.07. The van der Waals surface area contributed by atoms with E-state index >= 15 is 0 Å². The molecule has 0 heterocycles. The van der Waals surface area contributed by atoms with Crippen LogP contribution >= 0.6 is 0 Å². The molecule has 0 aliphatic rings. The molecular weight excluding hydrogens is 684 g/mol. The number of rotatable bonds is 14. The second-order valence-electron chi connectivity index (χ2n) is 10.1. The molecule has 0 spiro atoms. The molecule has 0 aliphatic carbocycles. The molecule has 0 aliphatic heterocycles. The van der Waals surface area contributed by atoms with Crippen LogP contribution < -0.4 is 9.47 Å². The van der Waals surface area contributed by atoms with Crippen LogP contribution in [0.4, 0.5) is 22.7 Å². The number of nitrogens with zero attached hydrogens (tertiary/aromatic N) is 6. The monoisotopic (exact) mass is 710 g/mol. The molecule has 0 bridgehead atoms. The van der Waals surface area contributed by atoms with E-state index in [1.54, 1.807) is 0 Å². The third-order valence-electron chi connectivity index (χ3n) is 6.77. The lowest BCUT2D eigenvalue weighted by Gasteiger charge is -2.07. The fourth-order valence-electron chi connectivity index (χ4n) is 4.32. The summed E-state index contributed by atoms with van der Waals surface area (Å²) in [5.74, 6) is -6.24. The van der Waals surface area contributed by atoms with E-state index in [9.17, 15) is 49.8 Å². The number of phenols is 2. The molecule has 0 atom stereocenters. The molecule has 4 rings (SSSR count). The first-order valence-electron chi connectivity index (χ1n) is 14.4. The Labute approximate surface area is 292 Å². The van der Waals surface area contributed by atoms with Crippen molar-refractivity contribution in [2.24, 2.45) is 30.4 Å². The number of hydrogen-bond donors (Lipinski definition) is 6. The Balaban J connectivity index is 1.52. The zero-order valence-electron chi connectivity index (χ0n) is 26.9. The largest absolute Gasteiger partial charge is 0.504 e. The van der Waals surface area contributed by atoms with Crippen LogP contribution in [-0.2, 0) is 0 Å². The number of aromatic carboxylic acids is 4. The second kappa shape index (κ2) is 16.6. The minimum absolute atomic E-state index is 0.0217. The number of carboxylic acid groups (broad SMARTS) is 4. The quantitative estimate of drug-likeness (QED) is 0.0585. The first-order valence-corrected chi connectivity index (χ1v) is 14.4. The maximum atomic E-state index is 11.5. The highest BCUT2D eigenvalue weighted by Gasteiger charge is 2.18. The van der Waals surface area contributed by atoms with Gasteiger partial charge in [0.1, 0.15) is 0 Å². The number of phenolic OH excluding ortho intramolecular Hbond substituents is 2. The lowest BCUT2D eigenvalue weighted by atomic mass is 10.1. The van der Waals surface area contributed by atoms with Crippen LogP contribution in [0, 0.1) is 0 Å². The molecule has 0 saturated carbocycles. The highest BCUT2D eigenvalue weighted by molar-refractivity contribution is 6.03. The van der Waals surface area contributed by atoms with Gasteiger partial charge < -0.3 is 40.1 Å². The SMILES string of the molecule is COc1cc(N=Nc2ccc(C(=O)O)c(C(=O)O)c2)cc(C=NC=CN=Cc2cc(N=Nc3ccc(C(=O)O)c(C(=O)O)c3)cc(OC)c2O)c1O. The van der Waals surface area contributed by atoms with Crippen molar-refractivity contribution >= 4 is 59.1 Å². The van der Waals surface area contributed by atoms with Gasteiger partial charge in [0.2, 0.25) is 0 Å². The molecule has 4 aromatic rings. The third-order valence-corrected chi connectivity index (χ3v) is 6.77. The summed E-state index contributed by atoms with van der Waals surface area (Å²) in [6, 6.07) is 12.4. The molecule has 264 valence electrons. The first kappa shape index (κ1) is 37.1. The molecule has 18 heteroatoms. The predicted octanol–water partition coefficient (Wildman–Crippen LogP) is 6.75. The summed E-state index contributed by atoms with van der Waals surface area (Å²) in [6.45, 7) is 0. The maximum Gasteiger partial charge on any atom is 0.336 e. The molecule has 6 N–H and O–H groups in total. The van der Waals surface area contributed by atoms with Crippen molar-refractivity contribution in [3.8, 4) is 23.0 Å². The summed E-state index contributed by atoms with van der Waals surface area (Å²) in [6.07, 6.45) is 5.03. The number of hydrogen-bond acceptors (Lipinski definition) is 14. The van der Waals surface area contributed by atoms with Gasteiger partial charge in [-0.15, -0.1) is 0 Å². The van der Waals surface area contributed by atoms with Crippen molar-refractivity contribution in [2.75, 3.05) is 14.2 Å².